The highest BCUT2D eigenvalue weighted by Crippen LogP contribution is 2.22. The van der Waals surface area contributed by atoms with Crippen LogP contribution in [0.4, 0.5) is 5.13 Å². The van der Waals surface area contributed by atoms with Crippen molar-refractivity contribution in [3.05, 3.63) is 53.6 Å². The molecule has 0 bridgehead atoms. The lowest BCUT2D eigenvalue weighted by molar-refractivity contribution is 0.102. The van der Waals surface area contributed by atoms with E-state index in [0.29, 0.717) is 10.8 Å². The van der Waals surface area contributed by atoms with Crippen LogP contribution in [0, 0.1) is 6.92 Å². The molecule has 8 nitrogen and oxygen atoms in total. The van der Waals surface area contributed by atoms with Crippen molar-refractivity contribution in [2.45, 2.75) is 6.92 Å². The van der Waals surface area contributed by atoms with E-state index in [-0.39, 0.29) is 11.6 Å². The smallest absolute Gasteiger partial charge is 0.279 e. The van der Waals surface area contributed by atoms with Crippen LogP contribution in [-0.4, -0.2) is 36.1 Å². The summed E-state index contributed by atoms with van der Waals surface area (Å²) in [5, 5.41) is 20.7. The lowest BCUT2D eigenvalue weighted by Gasteiger charge is -2.07. The number of hydrogen-bond donors (Lipinski definition) is 1. The number of anilines is 1. The fourth-order valence-corrected chi connectivity index (χ4v) is 2.88. The van der Waals surface area contributed by atoms with E-state index in [4.69, 9.17) is 0 Å². The first-order valence-electron chi connectivity index (χ1n) is 7.07. The zero-order valence-corrected chi connectivity index (χ0v) is 13.4. The Balaban J connectivity index is 1.75. The van der Waals surface area contributed by atoms with Crippen LogP contribution in [0.15, 0.2) is 42.2 Å². The van der Waals surface area contributed by atoms with Crippen LogP contribution in [0.1, 0.15) is 16.2 Å². The maximum absolute atomic E-state index is 12.3. The van der Waals surface area contributed by atoms with Crippen LogP contribution in [0.5, 0.6) is 0 Å². The summed E-state index contributed by atoms with van der Waals surface area (Å²) in [6, 6.07) is 7.73. The minimum Gasteiger partial charge on any atom is -0.295 e. The fourth-order valence-electron chi connectivity index (χ4n) is 2.44. The van der Waals surface area contributed by atoms with Crippen molar-refractivity contribution in [3.8, 4) is 5.69 Å². The van der Waals surface area contributed by atoms with Crippen LogP contribution >= 0.6 is 11.3 Å². The predicted octanol–water partition coefficient (Wildman–Crippen LogP) is 2.23. The summed E-state index contributed by atoms with van der Waals surface area (Å²) in [7, 11) is 0. The quantitative estimate of drug-likeness (QED) is 0.615. The van der Waals surface area contributed by atoms with Gasteiger partial charge in [0.1, 0.15) is 5.51 Å². The Morgan fingerprint density at radius 2 is 2.17 bits per heavy atom. The van der Waals surface area contributed by atoms with Crippen molar-refractivity contribution in [2.24, 2.45) is 0 Å². The molecule has 4 aromatic rings. The Kier molecular flexibility index (Phi) is 3.47. The van der Waals surface area contributed by atoms with Crippen LogP contribution < -0.4 is 5.32 Å². The molecule has 0 saturated heterocycles. The summed E-state index contributed by atoms with van der Waals surface area (Å²) in [6.45, 7) is 1.80. The SMILES string of the molecule is Cc1c(C(=O)Nc2nncs2)nnn1-c1cccc2cnccc12. The van der Waals surface area contributed by atoms with Gasteiger partial charge in [-0.05, 0) is 19.1 Å². The molecule has 3 heterocycles. The van der Waals surface area contributed by atoms with E-state index < -0.39 is 0 Å². The summed E-state index contributed by atoms with van der Waals surface area (Å²) in [5.41, 5.74) is 3.27. The van der Waals surface area contributed by atoms with Gasteiger partial charge in [-0.1, -0.05) is 28.7 Å². The van der Waals surface area contributed by atoms with Crippen molar-refractivity contribution in [1.29, 1.82) is 0 Å². The summed E-state index contributed by atoms with van der Waals surface area (Å²) < 4.78 is 1.65. The average molecular weight is 337 g/mol. The van der Waals surface area contributed by atoms with Gasteiger partial charge in [0.2, 0.25) is 5.13 Å². The van der Waals surface area contributed by atoms with Gasteiger partial charge in [-0.15, -0.1) is 15.3 Å². The molecule has 0 saturated carbocycles. The zero-order chi connectivity index (χ0) is 16.5. The topological polar surface area (TPSA) is 98.5 Å². The Morgan fingerprint density at radius 1 is 1.25 bits per heavy atom. The molecule has 0 aliphatic rings. The normalized spacial score (nSPS) is 10.9. The Labute approximate surface area is 140 Å². The molecule has 118 valence electrons. The molecule has 0 atom stereocenters. The number of carbonyl (C=O) groups excluding carboxylic acids is 1. The lowest BCUT2D eigenvalue weighted by Crippen LogP contribution is -2.14. The first kappa shape index (κ1) is 14.4. The molecule has 0 aliphatic carbocycles. The molecular formula is C15H11N7OS. The molecule has 1 amide bonds. The van der Waals surface area contributed by atoms with Gasteiger partial charge in [0.25, 0.3) is 5.91 Å². The Hall–Kier alpha value is -3.20. The highest BCUT2D eigenvalue weighted by molar-refractivity contribution is 7.13. The molecule has 0 spiro atoms. The third-order valence-corrected chi connectivity index (χ3v) is 4.18. The number of nitrogens with zero attached hydrogens (tertiary/aromatic N) is 6. The Bertz CT molecular complexity index is 1020. The van der Waals surface area contributed by atoms with E-state index in [1.165, 1.54) is 11.3 Å². The predicted molar refractivity (Wildman–Crippen MR) is 89.3 cm³/mol. The molecule has 1 N–H and O–H groups in total. The van der Waals surface area contributed by atoms with Gasteiger partial charge in [-0.25, -0.2) is 4.68 Å². The summed E-state index contributed by atoms with van der Waals surface area (Å²) in [4.78, 5) is 16.5. The molecule has 9 heteroatoms. The van der Waals surface area contributed by atoms with Crippen LogP contribution in [-0.2, 0) is 0 Å². The number of nitrogens with one attached hydrogen (secondary N) is 1. The van der Waals surface area contributed by atoms with E-state index in [1.807, 2.05) is 24.3 Å². The fraction of sp³-hybridized carbons (Fsp3) is 0.0667. The van der Waals surface area contributed by atoms with Crippen molar-refractivity contribution >= 4 is 33.1 Å². The van der Waals surface area contributed by atoms with Gasteiger partial charge >= 0.3 is 0 Å². The van der Waals surface area contributed by atoms with Crippen LogP contribution in [0.3, 0.4) is 0 Å². The van der Waals surface area contributed by atoms with Crippen molar-refractivity contribution < 1.29 is 4.79 Å². The number of rotatable bonds is 3. The van der Waals surface area contributed by atoms with Gasteiger partial charge in [0.05, 0.1) is 11.4 Å². The largest absolute Gasteiger partial charge is 0.295 e. The molecule has 0 radical (unpaired) electrons. The van der Waals surface area contributed by atoms with E-state index >= 15 is 0 Å². The zero-order valence-electron chi connectivity index (χ0n) is 12.5. The van der Waals surface area contributed by atoms with Crippen molar-refractivity contribution in [3.63, 3.8) is 0 Å². The summed E-state index contributed by atoms with van der Waals surface area (Å²) in [6.07, 6.45) is 3.51. The van der Waals surface area contributed by atoms with E-state index in [2.05, 4.69) is 30.8 Å². The number of fused-ring (bicyclic) bond motifs is 1. The average Bonchev–Trinajstić information content (AvgIpc) is 3.24. The second-order valence-electron chi connectivity index (χ2n) is 5.01. The van der Waals surface area contributed by atoms with Gasteiger partial charge in [-0.2, -0.15) is 0 Å². The van der Waals surface area contributed by atoms with Gasteiger partial charge in [0, 0.05) is 23.2 Å². The van der Waals surface area contributed by atoms with Crippen molar-refractivity contribution in [2.75, 3.05) is 5.32 Å². The van der Waals surface area contributed by atoms with E-state index in [0.717, 1.165) is 16.5 Å². The van der Waals surface area contributed by atoms with Crippen molar-refractivity contribution in [1.82, 2.24) is 30.2 Å². The maximum Gasteiger partial charge on any atom is 0.279 e. The molecule has 0 fully saturated rings. The van der Waals surface area contributed by atoms with E-state index in [9.17, 15) is 4.79 Å². The highest BCUT2D eigenvalue weighted by atomic mass is 32.1. The third kappa shape index (κ3) is 2.40. The minimum atomic E-state index is -0.364. The summed E-state index contributed by atoms with van der Waals surface area (Å²) >= 11 is 1.24. The molecule has 0 unspecified atom stereocenters. The van der Waals surface area contributed by atoms with E-state index in [1.54, 1.807) is 29.5 Å². The molecule has 4 rings (SSSR count). The molecule has 3 aromatic heterocycles. The van der Waals surface area contributed by atoms with Gasteiger partial charge in [-0.3, -0.25) is 15.1 Å². The first-order chi connectivity index (χ1) is 11.7. The number of hydrogen-bond acceptors (Lipinski definition) is 7. The number of carbonyl (C=O) groups is 1. The third-order valence-electron chi connectivity index (χ3n) is 3.58. The van der Waals surface area contributed by atoms with Crippen LogP contribution in [0.25, 0.3) is 16.5 Å². The molecule has 1 aromatic carbocycles. The summed E-state index contributed by atoms with van der Waals surface area (Å²) in [5.74, 6) is -0.364. The maximum atomic E-state index is 12.3. The van der Waals surface area contributed by atoms with Crippen LogP contribution in [0.2, 0.25) is 0 Å². The first-order valence-corrected chi connectivity index (χ1v) is 7.95. The standard InChI is InChI=1S/C15H11N7OS/c1-9-13(14(23)18-15-20-17-8-24-15)19-21-22(9)12-4-2-3-10-7-16-6-5-11(10)12/h2-8H,1H3,(H,18,20,23). The number of amides is 1. The number of aromatic nitrogens is 6. The number of benzene rings is 1. The van der Waals surface area contributed by atoms with Gasteiger partial charge in [0.15, 0.2) is 5.69 Å². The second kappa shape index (κ2) is 5.78. The highest BCUT2D eigenvalue weighted by Gasteiger charge is 2.19. The lowest BCUT2D eigenvalue weighted by atomic mass is 10.1. The molecule has 0 aliphatic heterocycles. The monoisotopic (exact) mass is 337 g/mol. The molecular weight excluding hydrogens is 326 g/mol. The molecule has 24 heavy (non-hydrogen) atoms. The Morgan fingerprint density at radius 3 is 3.00 bits per heavy atom. The van der Waals surface area contributed by atoms with Gasteiger partial charge < -0.3 is 0 Å². The number of pyridine rings is 1. The minimum absolute atomic E-state index is 0.247. The second-order valence-corrected chi connectivity index (χ2v) is 5.84.